The van der Waals surface area contributed by atoms with Gasteiger partial charge in [0.15, 0.2) is 5.82 Å². The third kappa shape index (κ3) is 5.39. The molecule has 1 aliphatic heterocycles. The molecular formula is C26H31F3N4O2. The number of likely N-dealkylation sites (tertiary alicyclic amines) is 1. The summed E-state index contributed by atoms with van der Waals surface area (Å²) in [6, 6.07) is 4.96. The Kier molecular flexibility index (Phi) is 7.26. The average molecular weight is 489 g/mol. The van der Waals surface area contributed by atoms with Gasteiger partial charge in [-0.15, -0.1) is 0 Å². The molecule has 0 unspecified atom stereocenters. The molecule has 1 atom stereocenters. The van der Waals surface area contributed by atoms with E-state index in [1.807, 2.05) is 6.92 Å². The highest BCUT2D eigenvalue weighted by Crippen LogP contribution is 2.42. The number of rotatable bonds is 7. The number of carbonyl (C=O) groups excluding carboxylic acids is 1. The number of aliphatic hydroxyl groups is 1. The number of benzene rings is 1. The highest BCUT2D eigenvalue weighted by atomic mass is 19.4. The number of halogens is 3. The molecule has 1 aliphatic carbocycles. The quantitative estimate of drug-likeness (QED) is 0.522. The number of nitrogens with zero attached hydrogens (tertiary/aromatic N) is 3. The third-order valence-corrected chi connectivity index (χ3v) is 7.12. The van der Waals surface area contributed by atoms with Gasteiger partial charge in [-0.25, -0.2) is 9.97 Å². The fourth-order valence-electron chi connectivity index (χ4n) is 4.81. The maximum Gasteiger partial charge on any atom is 0.416 e. The molecular weight excluding hydrogens is 457 g/mol. The van der Waals surface area contributed by atoms with E-state index in [-0.39, 0.29) is 41.7 Å². The zero-order valence-corrected chi connectivity index (χ0v) is 20.0. The number of carbonyl (C=O) groups is 1. The van der Waals surface area contributed by atoms with Crippen molar-refractivity contribution < 1.29 is 23.1 Å². The van der Waals surface area contributed by atoms with E-state index < -0.39 is 11.7 Å². The second-order valence-electron chi connectivity index (χ2n) is 9.56. The van der Waals surface area contributed by atoms with Gasteiger partial charge in [-0.3, -0.25) is 4.79 Å². The van der Waals surface area contributed by atoms with E-state index in [2.05, 4.69) is 9.97 Å². The molecule has 1 aromatic carbocycles. The number of amides is 1. The van der Waals surface area contributed by atoms with Crippen LogP contribution in [0.15, 0.2) is 24.3 Å². The van der Waals surface area contributed by atoms with Gasteiger partial charge in [0.2, 0.25) is 0 Å². The molecule has 2 N–H and O–H groups in total. The first-order chi connectivity index (χ1) is 16.6. The van der Waals surface area contributed by atoms with Crippen molar-refractivity contribution in [1.82, 2.24) is 14.9 Å². The normalized spacial score (nSPS) is 17.9. The Hall–Kier alpha value is -2.81. The number of piperidine rings is 1. The smallest absolute Gasteiger partial charge is 0.396 e. The summed E-state index contributed by atoms with van der Waals surface area (Å²) in [7, 11) is 0. The van der Waals surface area contributed by atoms with Crippen LogP contribution in [-0.2, 0) is 6.18 Å². The van der Waals surface area contributed by atoms with Crippen LogP contribution in [0.3, 0.4) is 0 Å². The minimum absolute atomic E-state index is 0.0337. The second kappa shape index (κ2) is 10.0. The molecule has 2 heterocycles. The summed E-state index contributed by atoms with van der Waals surface area (Å²) in [4.78, 5) is 24.4. The number of alkyl halides is 3. The Balaban J connectivity index is 1.57. The van der Waals surface area contributed by atoms with Crippen LogP contribution in [0, 0.1) is 24.2 Å². The molecule has 1 saturated heterocycles. The van der Waals surface area contributed by atoms with Crippen LogP contribution in [0.4, 0.5) is 13.2 Å². The Morgan fingerprint density at radius 3 is 2.46 bits per heavy atom. The second-order valence-corrected chi connectivity index (χ2v) is 9.56. The molecule has 2 fully saturated rings. The van der Waals surface area contributed by atoms with Crippen LogP contribution in [0.25, 0.3) is 11.4 Å². The number of aromatic nitrogens is 2. The molecule has 1 aromatic heterocycles. The standard InChI is InChI=1S/C26H31F3N4O2/c1-3-16(14-34)22(30)17-9-11-33(12-10-17)25(35)21-15(2)31-24(32-23(21)18-7-8-18)19-5-4-6-20(13-19)26(27,28)29/h4-6,13,16-18,30,34H,3,7-12,14H2,1-2H3/t16-/m1/s1. The van der Waals surface area contributed by atoms with Crippen molar-refractivity contribution in [3.05, 3.63) is 46.8 Å². The van der Waals surface area contributed by atoms with E-state index in [1.165, 1.54) is 6.07 Å². The maximum absolute atomic E-state index is 13.5. The van der Waals surface area contributed by atoms with Crippen LogP contribution < -0.4 is 0 Å². The molecule has 1 amide bonds. The van der Waals surface area contributed by atoms with Crippen LogP contribution in [0.5, 0.6) is 0 Å². The summed E-state index contributed by atoms with van der Waals surface area (Å²) in [5.41, 5.74) is 1.63. The molecule has 0 radical (unpaired) electrons. The van der Waals surface area contributed by atoms with Gasteiger partial charge in [-0.05, 0) is 51.2 Å². The van der Waals surface area contributed by atoms with Crippen LogP contribution in [-0.4, -0.2) is 51.3 Å². The van der Waals surface area contributed by atoms with Gasteiger partial charge in [-0.2, -0.15) is 13.2 Å². The summed E-state index contributed by atoms with van der Waals surface area (Å²) < 4.78 is 39.6. The van der Waals surface area contributed by atoms with Gasteiger partial charge in [0.25, 0.3) is 5.91 Å². The summed E-state index contributed by atoms with van der Waals surface area (Å²) >= 11 is 0. The lowest BCUT2D eigenvalue weighted by molar-refractivity contribution is -0.137. The summed E-state index contributed by atoms with van der Waals surface area (Å²) in [6.45, 7) is 4.65. The molecule has 2 aromatic rings. The molecule has 1 saturated carbocycles. The van der Waals surface area contributed by atoms with Gasteiger partial charge >= 0.3 is 6.18 Å². The fraction of sp³-hybridized carbons (Fsp3) is 0.538. The molecule has 9 heteroatoms. The summed E-state index contributed by atoms with van der Waals surface area (Å²) in [6.07, 6.45) is -0.635. The van der Waals surface area contributed by atoms with E-state index in [9.17, 15) is 23.1 Å². The lowest BCUT2D eigenvalue weighted by Gasteiger charge is -2.34. The highest BCUT2D eigenvalue weighted by Gasteiger charge is 2.36. The van der Waals surface area contributed by atoms with Crippen molar-refractivity contribution >= 4 is 11.6 Å². The minimum Gasteiger partial charge on any atom is -0.396 e. The van der Waals surface area contributed by atoms with Crippen LogP contribution in [0.1, 0.15) is 72.3 Å². The van der Waals surface area contributed by atoms with Gasteiger partial charge < -0.3 is 15.4 Å². The number of nitrogens with one attached hydrogen (secondary N) is 1. The van der Waals surface area contributed by atoms with E-state index >= 15 is 0 Å². The molecule has 4 rings (SSSR count). The number of aryl methyl sites for hydroxylation is 1. The van der Waals surface area contributed by atoms with E-state index in [1.54, 1.807) is 17.9 Å². The Bertz CT molecular complexity index is 1100. The highest BCUT2D eigenvalue weighted by molar-refractivity contribution is 5.97. The average Bonchev–Trinajstić information content (AvgIpc) is 3.69. The van der Waals surface area contributed by atoms with Gasteiger partial charge in [0.1, 0.15) is 0 Å². The van der Waals surface area contributed by atoms with Crippen molar-refractivity contribution in [2.45, 2.75) is 58.0 Å². The number of hydrogen-bond acceptors (Lipinski definition) is 5. The monoisotopic (exact) mass is 488 g/mol. The molecule has 0 bridgehead atoms. The predicted octanol–water partition coefficient (Wildman–Crippen LogP) is 5.24. The van der Waals surface area contributed by atoms with Crippen molar-refractivity contribution in [3.8, 4) is 11.4 Å². The molecule has 2 aliphatic rings. The topological polar surface area (TPSA) is 90.2 Å². The first kappa shape index (κ1) is 25.3. The van der Waals surface area contributed by atoms with Gasteiger partial charge in [0, 0.05) is 42.1 Å². The fourth-order valence-corrected chi connectivity index (χ4v) is 4.81. The summed E-state index contributed by atoms with van der Waals surface area (Å²) in [5.74, 6) is 0.0798. The Labute approximate surface area is 203 Å². The zero-order chi connectivity index (χ0) is 25.3. The lowest BCUT2D eigenvalue weighted by atomic mass is 9.84. The Morgan fingerprint density at radius 1 is 1.20 bits per heavy atom. The minimum atomic E-state index is -4.46. The molecule has 0 spiro atoms. The first-order valence-electron chi connectivity index (χ1n) is 12.2. The first-order valence-corrected chi connectivity index (χ1v) is 12.2. The SMILES string of the molecule is CC[C@H](CO)C(=N)C1CCN(C(=O)c2c(C)nc(-c3cccc(C(F)(F)F)c3)nc2C2CC2)CC1. The van der Waals surface area contributed by atoms with Crippen molar-refractivity contribution in [2.75, 3.05) is 19.7 Å². The number of hydrogen-bond donors (Lipinski definition) is 2. The summed E-state index contributed by atoms with van der Waals surface area (Å²) in [5, 5.41) is 17.9. The van der Waals surface area contributed by atoms with Gasteiger partial charge in [0.05, 0.1) is 29.1 Å². The number of aliphatic hydroxyl groups excluding tert-OH is 1. The lowest BCUT2D eigenvalue weighted by Crippen LogP contribution is -2.42. The van der Waals surface area contributed by atoms with E-state index in [0.717, 1.165) is 25.0 Å². The molecule has 35 heavy (non-hydrogen) atoms. The molecule has 188 valence electrons. The zero-order valence-electron chi connectivity index (χ0n) is 20.0. The Morgan fingerprint density at radius 2 is 1.89 bits per heavy atom. The maximum atomic E-state index is 13.5. The predicted molar refractivity (Wildman–Crippen MR) is 126 cm³/mol. The third-order valence-electron chi connectivity index (χ3n) is 7.12. The van der Waals surface area contributed by atoms with Crippen molar-refractivity contribution in [3.63, 3.8) is 0 Å². The van der Waals surface area contributed by atoms with Crippen molar-refractivity contribution in [2.24, 2.45) is 11.8 Å². The van der Waals surface area contributed by atoms with Crippen LogP contribution >= 0.6 is 0 Å². The van der Waals surface area contributed by atoms with Gasteiger partial charge in [-0.1, -0.05) is 19.1 Å². The van der Waals surface area contributed by atoms with E-state index in [0.29, 0.717) is 55.0 Å². The van der Waals surface area contributed by atoms with Crippen LogP contribution in [0.2, 0.25) is 0 Å². The molecule has 6 nitrogen and oxygen atoms in total. The van der Waals surface area contributed by atoms with E-state index in [4.69, 9.17) is 5.41 Å². The van der Waals surface area contributed by atoms with Crippen molar-refractivity contribution in [1.29, 1.82) is 5.41 Å². The largest absolute Gasteiger partial charge is 0.416 e.